The van der Waals surface area contributed by atoms with Crippen LogP contribution in [0, 0.1) is 0 Å². The molecule has 1 aliphatic heterocycles. The van der Waals surface area contributed by atoms with Crippen molar-refractivity contribution < 1.29 is 13.9 Å². The minimum absolute atomic E-state index is 0.0535. The van der Waals surface area contributed by atoms with E-state index < -0.39 is 16.4 Å². The lowest BCUT2D eigenvalue weighted by Gasteiger charge is -2.46. The van der Waals surface area contributed by atoms with Crippen LogP contribution in [0.1, 0.15) is 54.9 Å². The van der Waals surface area contributed by atoms with Crippen LogP contribution in [0.5, 0.6) is 0 Å². The van der Waals surface area contributed by atoms with Gasteiger partial charge in [0.1, 0.15) is 0 Å². The van der Waals surface area contributed by atoms with Crippen LogP contribution in [0.3, 0.4) is 0 Å². The second-order valence-corrected chi connectivity index (χ2v) is 25.5. The van der Waals surface area contributed by atoms with Gasteiger partial charge in [-0.1, -0.05) is 82.8 Å². The van der Waals surface area contributed by atoms with Crippen LogP contribution in [0.4, 0.5) is 0 Å². The maximum atomic E-state index is 6.87. The Morgan fingerprint density at radius 2 is 1.57 bits per heavy atom. The van der Waals surface area contributed by atoms with Crippen molar-refractivity contribution in [2.75, 3.05) is 6.61 Å². The van der Waals surface area contributed by atoms with Gasteiger partial charge in [0.2, 0.25) is 0 Å². The third-order valence-electron chi connectivity index (χ3n) is 5.43. The molecule has 3 nitrogen and oxygen atoms in total. The third kappa shape index (κ3) is 9.44. The van der Waals surface area contributed by atoms with E-state index in [9.17, 15) is 0 Å². The van der Waals surface area contributed by atoms with Gasteiger partial charge >= 0.3 is 0 Å². The van der Waals surface area contributed by atoms with Crippen LogP contribution in [0.15, 0.2) is 0 Å². The topological polar surface area (TPSA) is 27.7 Å². The first-order chi connectivity index (χ1) is 12.4. The summed E-state index contributed by atoms with van der Waals surface area (Å²) < 4.78 is 19.6. The maximum absolute atomic E-state index is 6.87. The summed E-state index contributed by atoms with van der Waals surface area (Å²) in [5.41, 5.74) is 0. The van der Waals surface area contributed by atoms with Gasteiger partial charge in [-0.3, -0.25) is 0 Å². The van der Waals surface area contributed by atoms with Crippen LogP contribution in [0.2, 0.25) is 43.8 Å². The van der Waals surface area contributed by atoms with Crippen molar-refractivity contribution in [2.45, 2.75) is 127 Å². The summed E-state index contributed by atoms with van der Waals surface area (Å²) >= 11 is 0. The van der Waals surface area contributed by atoms with Crippen molar-refractivity contribution in [3.05, 3.63) is 0 Å². The number of hydrogen-bond acceptors (Lipinski definition) is 5. The molecule has 0 bridgehead atoms. The van der Waals surface area contributed by atoms with Gasteiger partial charge in [-0.05, 0) is 31.1 Å². The molecule has 4 atom stereocenters. The Bertz CT molecular complexity index is 482. The molecule has 168 valence electrons. The molecule has 0 saturated carbocycles. The second kappa shape index (κ2) is 10.1. The molecule has 1 rings (SSSR count). The molecule has 0 aromatic heterocycles. The molecule has 0 radical (unpaired) electrons. The highest BCUT2D eigenvalue weighted by atomic mass is 33.1. The Labute approximate surface area is 185 Å². The Balaban J connectivity index is 2.86. The van der Waals surface area contributed by atoms with Gasteiger partial charge in [0.15, 0.2) is 14.6 Å². The lowest BCUT2D eigenvalue weighted by atomic mass is 10.1. The zero-order chi connectivity index (χ0) is 22.0. The van der Waals surface area contributed by atoms with E-state index in [1.165, 1.54) is 6.04 Å². The molecule has 7 heteroatoms. The molecule has 1 fully saturated rings. The van der Waals surface area contributed by atoms with Crippen molar-refractivity contribution in [1.29, 1.82) is 0 Å². The van der Waals surface area contributed by atoms with Gasteiger partial charge in [-0.25, -0.2) is 0 Å². The highest BCUT2D eigenvalue weighted by Gasteiger charge is 2.46. The summed E-state index contributed by atoms with van der Waals surface area (Å²) in [4.78, 5) is 0. The van der Waals surface area contributed by atoms with Crippen molar-refractivity contribution in [1.82, 2.24) is 0 Å². The monoisotopic (exact) mass is 466 g/mol. The van der Waals surface area contributed by atoms with E-state index in [-0.39, 0.29) is 28.3 Å². The lowest BCUT2D eigenvalue weighted by molar-refractivity contribution is -0.210. The SMILES string of the molecule is C[C@H]1O[C@@H](OCC[Si](C)(C)C)C[C@@H](SSC(C)(C)C)[C@@H]1O[Si](C)(C)C(C)(C)C. The molecule has 0 unspecified atom stereocenters. The fraction of sp³-hybridized carbons (Fsp3) is 1.00. The second-order valence-electron chi connectivity index (χ2n) is 11.9. The van der Waals surface area contributed by atoms with E-state index in [1.807, 2.05) is 21.6 Å². The van der Waals surface area contributed by atoms with E-state index in [2.05, 4.69) is 81.2 Å². The average molecular weight is 467 g/mol. The van der Waals surface area contributed by atoms with Crippen LogP contribution in [0.25, 0.3) is 0 Å². The van der Waals surface area contributed by atoms with Crippen molar-refractivity contribution in [3.8, 4) is 0 Å². The van der Waals surface area contributed by atoms with Gasteiger partial charge in [0.25, 0.3) is 0 Å². The van der Waals surface area contributed by atoms with Crippen LogP contribution in [-0.2, 0) is 13.9 Å². The van der Waals surface area contributed by atoms with Gasteiger partial charge in [0.05, 0.1) is 12.2 Å². The molecule has 28 heavy (non-hydrogen) atoms. The molecular formula is C21H46O3S2Si2. The van der Waals surface area contributed by atoms with Gasteiger partial charge in [-0.2, -0.15) is 0 Å². The molecule has 0 aromatic rings. The fourth-order valence-corrected chi connectivity index (χ4v) is 7.65. The Kier molecular flexibility index (Phi) is 9.75. The maximum Gasteiger partial charge on any atom is 0.192 e. The summed E-state index contributed by atoms with van der Waals surface area (Å²) in [6.07, 6.45) is 0.974. The van der Waals surface area contributed by atoms with E-state index in [4.69, 9.17) is 13.9 Å². The van der Waals surface area contributed by atoms with E-state index >= 15 is 0 Å². The molecule has 1 aliphatic rings. The van der Waals surface area contributed by atoms with E-state index in [0.29, 0.717) is 5.25 Å². The smallest absolute Gasteiger partial charge is 0.192 e. The largest absolute Gasteiger partial charge is 0.410 e. The molecule has 0 aromatic carbocycles. The normalized spacial score (nSPS) is 27.9. The van der Waals surface area contributed by atoms with Gasteiger partial charge in [0, 0.05) is 31.1 Å². The molecular weight excluding hydrogens is 421 g/mol. The number of hydrogen-bond donors (Lipinski definition) is 0. The third-order valence-corrected chi connectivity index (χ3v) is 15.4. The highest BCUT2D eigenvalue weighted by Crippen LogP contribution is 2.46. The van der Waals surface area contributed by atoms with Gasteiger partial charge in [-0.15, -0.1) is 0 Å². The van der Waals surface area contributed by atoms with Crippen LogP contribution in [-0.4, -0.2) is 51.5 Å². The molecule has 1 saturated heterocycles. The molecule has 0 spiro atoms. The minimum Gasteiger partial charge on any atom is -0.410 e. The van der Waals surface area contributed by atoms with E-state index in [1.54, 1.807) is 0 Å². The van der Waals surface area contributed by atoms with Gasteiger partial charge < -0.3 is 13.9 Å². The summed E-state index contributed by atoms with van der Waals surface area (Å²) in [6.45, 7) is 28.6. The lowest BCUT2D eigenvalue weighted by Crippen LogP contribution is -2.54. The zero-order valence-electron chi connectivity index (χ0n) is 20.5. The summed E-state index contributed by atoms with van der Waals surface area (Å²) in [6, 6.07) is 1.18. The van der Waals surface area contributed by atoms with Crippen LogP contribution < -0.4 is 0 Å². The molecule has 1 heterocycles. The minimum atomic E-state index is -1.86. The molecule has 0 aliphatic carbocycles. The Hall–Kier alpha value is 1.01. The van der Waals surface area contributed by atoms with E-state index in [0.717, 1.165) is 13.0 Å². The van der Waals surface area contributed by atoms with Crippen molar-refractivity contribution >= 4 is 38.0 Å². The first-order valence-electron chi connectivity index (χ1n) is 10.7. The molecule has 0 N–H and O–H groups in total. The first-order valence-corrected chi connectivity index (χ1v) is 19.5. The quantitative estimate of drug-likeness (QED) is 0.274. The number of ether oxygens (including phenoxy) is 2. The van der Waals surface area contributed by atoms with Crippen LogP contribution >= 0.6 is 21.6 Å². The average Bonchev–Trinajstić information content (AvgIpc) is 2.44. The predicted octanol–water partition coefficient (Wildman–Crippen LogP) is 7.42. The first kappa shape index (κ1) is 27.0. The fourth-order valence-electron chi connectivity index (χ4n) is 2.59. The molecule has 0 amide bonds. The Morgan fingerprint density at radius 3 is 2.04 bits per heavy atom. The summed E-state index contributed by atoms with van der Waals surface area (Å²) in [5.74, 6) is 0. The number of rotatable bonds is 8. The Morgan fingerprint density at radius 1 is 1.00 bits per heavy atom. The van der Waals surface area contributed by atoms with Crippen molar-refractivity contribution in [3.63, 3.8) is 0 Å². The summed E-state index contributed by atoms with van der Waals surface area (Å²) in [7, 11) is 0.978. The standard InChI is InChI=1S/C21H46O3S2Si2/c1-16-19(24-28(11,12)21(5,6)7)17(25-26-20(2,3)4)15-18(23-16)22-13-14-27(8,9)10/h16-19H,13-15H2,1-12H3/t16-,17-,18-,19-/m1/s1. The summed E-state index contributed by atoms with van der Waals surface area (Å²) in [5, 5.41) is 0.586. The predicted molar refractivity (Wildman–Crippen MR) is 134 cm³/mol. The van der Waals surface area contributed by atoms with Crippen molar-refractivity contribution in [2.24, 2.45) is 0 Å². The zero-order valence-corrected chi connectivity index (χ0v) is 24.1. The highest BCUT2D eigenvalue weighted by molar-refractivity contribution is 8.77.